The summed E-state index contributed by atoms with van der Waals surface area (Å²) in [6, 6.07) is 1.46. The summed E-state index contributed by atoms with van der Waals surface area (Å²) in [5.41, 5.74) is 0. The maximum atomic E-state index is 9.69. The third-order valence-electron chi connectivity index (χ3n) is 4.08. The largest absolute Gasteiger partial charge is 0.389 e. The van der Waals surface area contributed by atoms with Crippen LogP contribution >= 0.6 is 0 Å². The third kappa shape index (κ3) is 1.80. The molecular weight excluding hydrogens is 192 g/mol. The van der Waals surface area contributed by atoms with Gasteiger partial charge in [-0.05, 0) is 25.8 Å². The van der Waals surface area contributed by atoms with Crippen LogP contribution in [0.4, 0.5) is 0 Å². The molecule has 0 spiro atoms. The van der Waals surface area contributed by atoms with Gasteiger partial charge in [0.05, 0.1) is 25.4 Å². The number of fused-ring (bicyclic) bond motifs is 1. The molecule has 4 unspecified atom stereocenters. The first-order chi connectivity index (χ1) is 7.34. The van der Waals surface area contributed by atoms with Gasteiger partial charge in [-0.3, -0.25) is 4.90 Å². The molecule has 3 aliphatic rings. The Kier molecular flexibility index (Phi) is 2.68. The molecule has 4 heteroatoms. The highest BCUT2D eigenvalue weighted by atomic mass is 16.5. The molecule has 0 radical (unpaired) electrons. The van der Waals surface area contributed by atoms with E-state index in [9.17, 15) is 5.11 Å². The monoisotopic (exact) mass is 212 g/mol. The number of nitrogens with one attached hydrogen (secondary N) is 1. The molecule has 4 nitrogen and oxygen atoms in total. The zero-order valence-corrected chi connectivity index (χ0v) is 9.06. The number of rotatable bonds is 2. The van der Waals surface area contributed by atoms with E-state index in [0.29, 0.717) is 19.3 Å². The maximum Gasteiger partial charge on any atom is 0.0948 e. The van der Waals surface area contributed by atoms with Gasteiger partial charge in [-0.2, -0.15) is 0 Å². The van der Waals surface area contributed by atoms with Gasteiger partial charge in [-0.15, -0.1) is 0 Å². The van der Waals surface area contributed by atoms with Gasteiger partial charge >= 0.3 is 0 Å². The summed E-state index contributed by atoms with van der Waals surface area (Å²) in [5, 5.41) is 13.3. The van der Waals surface area contributed by atoms with E-state index in [4.69, 9.17) is 4.74 Å². The molecule has 0 aromatic carbocycles. The first-order valence-corrected chi connectivity index (χ1v) is 6.10. The molecule has 2 N–H and O–H groups in total. The van der Waals surface area contributed by atoms with E-state index in [1.54, 1.807) is 0 Å². The number of hydrogen-bond donors (Lipinski definition) is 2. The van der Waals surface area contributed by atoms with E-state index in [1.807, 2.05) is 0 Å². The van der Waals surface area contributed by atoms with Gasteiger partial charge in [0.1, 0.15) is 0 Å². The molecule has 0 aromatic heterocycles. The molecule has 0 amide bonds. The van der Waals surface area contributed by atoms with Gasteiger partial charge < -0.3 is 15.2 Å². The summed E-state index contributed by atoms with van der Waals surface area (Å²) in [7, 11) is 0. The lowest BCUT2D eigenvalue weighted by Crippen LogP contribution is -2.49. The Morgan fingerprint density at radius 3 is 2.87 bits per heavy atom. The topological polar surface area (TPSA) is 44.7 Å². The van der Waals surface area contributed by atoms with Crippen molar-refractivity contribution < 1.29 is 9.84 Å². The number of aliphatic hydroxyl groups excluding tert-OH is 1. The van der Waals surface area contributed by atoms with E-state index in [1.165, 1.54) is 32.4 Å². The molecule has 3 aliphatic heterocycles. The lowest BCUT2D eigenvalue weighted by atomic mass is 10.0. The highest BCUT2D eigenvalue weighted by Gasteiger charge is 2.39. The Morgan fingerprint density at radius 1 is 1.13 bits per heavy atom. The second kappa shape index (κ2) is 4.01. The fourth-order valence-electron chi connectivity index (χ4n) is 3.25. The first kappa shape index (κ1) is 10.0. The van der Waals surface area contributed by atoms with E-state index in [2.05, 4.69) is 10.2 Å². The fraction of sp³-hybridized carbons (Fsp3) is 1.00. The molecule has 3 saturated heterocycles. The molecule has 0 aromatic rings. The van der Waals surface area contributed by atoms with E-state index < -0.39 is 0 Å². The highest BCUT2D eigenvalue weighted by molar-refractivity contribution is 4.98. The Labute approximate surface area is 90.6 Å². The number of hydrogen-bond acceptors (Lipinski definition) is 4. The number of ether oxygens (including phenoxy) is 1. The van der Waals surface area contributed by atoms with Crippen LogP contribution in [0.25, 0.3) is 0 Å². The number of nitrogens with zero attached hydrogens (tertiary/aromatic N) is 1. The van der Waals surface area contributed by atoms with Crippen LogP contribution in [0.15, 0.2) is 0 Å². The summed E-state index contributed by atoms with van der Waals surface area (Å²) < 4.78 is 5.26. The minimum absolute atomic E-state index is 0.163. The molecular formula is C11H20N2O2. The van der Waals surface area contributed by atoms with Gasteiger partial charge in [-0.1, -0.05) is 0 Å². The van der Waals surface area contributed by atoms with Gasteiger partial charge in [0.2, 0.25) is 0 Å². The summed E-state index contributed by atoms with van der Waals surface area (Å²) >= 11 is 0. The summed E-state index contributed by atoms with van der Waals surface area (Å²) in [6.07, 6.45) is 3.59. The Morgan fingerprint density at radius 2 is 2.07 bits per heavy atom. The van der Waals surface area contributed by atoms with Crippen molar-refractivity contribution in [1.82, 2.24) is 10.2 Å². The SMILES string of the molecule is OC1COCC1NC1CCN2CCCC12. The third-order valence-corrected chi connectivity index (χ3v) is 4.08. The summed E-state index contributed by atoms with van der Waals surface area (Å²) in [4.78, 5) is 2.58. The minimum atomic E-state index is -0.305. The smallest absolute Gasteiger partial charge is 0.0948 e. The van der Waals surface area contributed by atoms with Crippen molar-refractivity contribution >= 4 is 0 Å². The Bertz CT molecular complexity index is 237. The van der Waals surface area contributed by atoms with E-state index >= 15 is 0 Å². The van der Waals surface area contributed by atoms with Crippen LogP contribution in [-0.4, -0.2) is 60.5 Å². The molecule has 0 bridgehead atoms. The second-order valence-corrected chi connectivity index (χ2v) is 5.02. The van der Waals surface area contributed by atoms with E-state index in [0.717, 1.165) is 6.04 Å². The van der Waals surface area contributed by atoms with Crippen molar-refractivity contribution in [3.63, 3.8) is 0 Å². The quantitative estimate of drug-likeness (QED) is 0.652. The molecule has 3 rings (SSSR count). The standard InChI is InChI=1S/C11H20N2O2/c14-11-7-15-6-9(11)12-8-3-5-13-4-1-2-10(8)13/h8-12,14H,1-7H2. The summed E-state index contributed by atoms with van der Waals surface area (Å²) in [6.45, 7) is 3.67. The van der Waals surface area contributed by atoms with Crippen LogP contribution in [0.5, 0.6) is 0 Å². The average Bonchev–Trinajstić information content (AvgIpc) is 2.86. The van der Waals surface area contributed by atoms with Crippen LogP contribution in [-0.2, 0) is 4.74 Å². The number of aliphatic hydroxyl groups is 1. The first-order valence-electron chi connectivity index (χ1n) is 6.10. The second-order valence-electron chi connectivity index (χ2n) is 5.02. The van der Waals surface area contributed by atoms with Crippen molar-refractivity contribution in [2.75, 3.05) is 26.3 Å². The lowest BCUT2D eigenvalue weighted by Gasteiger charge is -2.25. The van der Waals surface area contributed by atoms with Crippen LogP contribution in [0.3, 0.4) is 0 Å². The van der Waals surface area contributed by atoms with Crippen molar-refractivity contribution in [3.05, 3.63) is 0 Å². The normalized spacial score (nSPS) is 46.2. The van der Waals surface area contributed by atoms with Crippen LogP contribution in [0.1, 0.15) is 19.3 Å². The molecule has 86 valence electrons. The zero-order valence-electron chi connectivity index (χ0n) is 9.06. The van der Waals surface area contributed by atoms with Gasteiger partial charge in [0.25, 0.3) is 0 Å². The molecule has 0 saturated carbocycles. The lowest BCUT2D eigenvalue weighted by molar-refractivity contribution is 0.120. The van der Waals surface area contributed by atoms with Crippen LogP contribution < -0.4 is 5.32 Å². The molecule has 3 fully saturated rings. The zero-order chi connectivity index (χ0) is 10.3. The van der Waals surface area contributed by atoms with Crippen molar-refractivity contribution in [2.24, 2.45) is 0 Å². The van der Waals surface area contributed by atoms with Crippen molar-refractivity contribution in [2.45, 2.75) is 43.5 Å². The average molecular weight is 212 g/mol. The van der Waals surface area contributed by atoms with Crippen molar-refractivity contribution in [1.29, 1.82) is 0 Å². The van der Waals surface area contributed by atoms with E-state index in [-0.39, 0.29) is 12.1 Å². The Hall–Kier alpha value is -0.160. The predicted molar refractivity (Wildman–Crippen MR) is 56.7 cm³/mol. The Balaban J connectivity index is 1.59. The predicted octanol–water partition coefficient (Wildman–Crippen LogP) is -0.428. The molecule has 0 aliphatic carbocycles. The highest BCUT2D eigenvalue weighted by Crippen LogP contribution is 2.28. The molecule has 15 heavy (non-hydrogen) atoms. The van der Waals surface area contributed by atoms with Crippen molar-refractivity contribution in [3.8, 4) is 0 Å². The fourth-order valence-corrected chi connectivity index (χ4v) is 3.25. The van der Waals surface area contributed by atoms with Crippen LogP contribution in [0.2, 0.25) is 0 Å². The van der Waals surface area contributed by atoms with Gasteiger partial charge in [-0.25, -0.2) is 0 Å². The maximum absolute atomic E-state index is 9.69. The van der Waals surface area contributed by atoms with Crippen LogP contribution in [0, 0.1) is 0 Å². The van der Waals surface area contributed by atoms with Gasteiger partial charge in [0, 0.05) is 18.6 Å². The molecule has 4 atom stereocenters. The molecule has 3 heterocycles. The van der Waals surface area contributed by atoms with Gasteiger partial charge in [0.15, 0.2) is 0 Å². The minimum Gasteiger partial charge on any atom is -0.389 e. The summed E-state index contributed by atoms with van der Waals surface area (Å²) in [5.74, 6) is 0.